The van der Waals surface area contributed by atoms with E-state index in [1.807, 2.05) is 0 Å². The number of carbonyl (C=O) groups is 1. The van der Waals surface area contributed by atoms with Crippen LogP contribution in [0.5, 0.6) is 0 Å². The van der Waals surface area contributed by atoms with E-state index < -0.39 is 0 Å². The highest BCUT2D eigenvalue weighted by atomic mass is 16.2. The first kappa shape index (κ1) is 6.04. The molecule has 2 atom stereocenters. The molecular weight excluding hydrogens is 138 g/mol. The maximum atomic E-state index is 11.1. The molecule has 0 bridgehead atoms. The summed E-state index contributed by atoms with van der Waals surface area (Å²) in [5.74, 6) is 2.40. The predicted octanol–water partition coefficient (Wildman–Crippen LogP) is 0.921. The smallest absolute Gasteiger partial charge is 0.225 e. The Morgan fingerprint density at radius 2 is 1.73 bits per heavy atom. The molecule has 2 heteroatoms. The monoisotopic (exact) mass is 151 g/mol. The van der Waals surface area contributed by atoms with Gasteiger partial charge in [-0.1, -0.05) is 0 Å². The van der Waals surface area contributed by atoms with Crippen LogP contribution in [-0.4, -0.2) is 11.9 Å². The topological polar surface area (TPSA) is 29.1 Å². The van der Waals surface area contributed by atoms with Crippen LogP contribution < -0.4 is 5.32 Å². The number of β-lactam (4-membered cyclic amide) rings is 1. The summed E-state index contributed by atoms with van der Waals surface area (Å²) in [5.41, 5.74) is 0. The molecule has 2 aliphatic carbocycles. The molecule has 1 saturated heterocycles. The van der Waals surface area contributed by atoms with E-state index in [0.717, 1.165) is 11.8 Å². The molecule has 3 rings (SSSR count). The lowest BCUT2D eigenvalue weighted by atomic mass is 9.83. The highest BCUT2D eigenvalue weighted by molar-refractivity contribution is 5.86. The second kappa shape index (κ2) is 1.79. The number of nitrogens with one attached hydrogen (secondary N) is 1. The van der Waals surface area contributed by atoms with Crippen LogP contribution in [0.25, 0.3) is 0 Å². The first-order chi connectivity index (χ1) is 5.36. The largest absolute Gasteiger partial charge is 0.352 e. The molecule has 1 amide bonds. The van der Waals surface area contributed by atoms with E-state index in [4.69, 9.17) is 0 Å². The summed E-state index contributed by atoms with van der Waals surface area (Å²) in [6.45, 7) is 0. The Morgan fingerprint density at radius 3 is 2.18 bits per heavy atom. The van der Waals surface area contributed by atoms with Crippen LogP contribution in [0.2, 0.25) is 0 Å². The first-order valence-corrected chi connectivity index (χ1v) is 4.66. The molecule has 0 aromatic rings. The van der Waals surface area contributed by atoms with Gasteiger partial charge in [-0.2, -0.15) is 0 Å². The molecule has 2 saturated carbocycles. The second-order valence-corrected chi connectivity index (χ2v) is 4.24. The maximum absolute atomic E-state index is 11.1. The molecule has 0 radical (unpaired) electrons. The van der Waals surface area contributed by atoms with Gasteiger partial charge >= 0.3 is 0 Å². The van der Waals surface area contributed by atoms with Crippen molar-refractivity contribution in [3.05, 3.63) is 0 Å². The molecular formula is C9H13NO. The Kier molecular flexibility index (Phi) is 0.984. The Balaban J connectivity index is 1.71. The number of carbonyl (C=O) groups excluding carboxylic acids is 1. The van der Waals surface area contributed by atoms with Crippen LogP contribution in [0.4, 0.5) is 0 Å². The van der Waals surface area contributed by atoms with Crippen molar-refractivity contribution in [1.29, 1.82) is 0 Å². The normalized spacial score (nSPS) is 43.1. The van der Waals surface area contributed by atoms with E-state index in [9.17, 15) is 4.79 Å². The molecule has 2 nitrogen and oxygen atoms in total. The molecule has 60 valence electrons. The minimum Gasteiger partial charge on any atom is -0.352 e. The van der Waals surface area contributed by atoms with E-state index in [2.05, 4.69) is 5.32 Å². The summed E-state index contributed by atoms with van der Waals surface area (Å²) in [5, 5.41) is 3.04. The Hall–Kier alpha value is -0.530. The molecule has 3 aliphatic rings. The average Bonchev–Trinajstić information content (AvgIpc) is 2.75. The zero-order chi connectivity index (χ0) is 7.42. The van der Waals surface area contributed by atoms with Crippen LogP contribution in [0.15, 0.2) is 0 Å². The van der Waals surface area contributed by atoms with Crippen LogP contribution in [0.3, 0.4) is 0 Å². The lowest BCUT2D eigenvalue weighted by Gasteiger charge is -2.37. The van der Waals surface area contributed by atoms with Crippen LogP contribution in [0.1, 0.15) is 25.7 Å². The van der Waals surface area contributed by atoms with Gasteiger partial charge in [0.2, 0.25) is 5.91 Å². The minimum atomic E-state index is 0.337. The first-order valence-electron chi connectivity index (χ1n) is 4.66. The van der Waals surface area contributed by atoms with Gasteiger partial charge in [0.25, 0.3) is 0 Å². The standard InChI is InChI=1S/C9H13NO/c11-9-7(5-1-2-5)8(10-9)6-3-4-6/h5-8H,1-4H2,(H,10,11)/t7-,8+/m0/s1. The molecule has 0 aromatic carbocycles. The summed E-state index contributed by atoms with van der Waals surface area (Å²) in [4.78, 5) is 11.1. The van der Waals surface area contributed by atoms with Crippen molar-refractivity contribution in [2.45, 2.75) is 31.7 Å². The SMILES string of the molecule is O=C1N[C@H](C2CC2)[C@@H]1C1CC1. The van der Waals surface area contributed by atoms with Gasteiger partial charge < -0.3 is 5.32 Å². The summed E-state index contributed by atoms with van der Waals surface area (Å²) in [6.07, 6.45) is 5.32. The predicted molar refractivity (Wildman–Crippen MR) is 40.9 cm³/mol. The van der Waals surface area contributed by atoms with Crippen molar-refractivity contribution in [2.24, 2.45) is 17.8 Å². The van der Waals surface area contributed by atoms with Crippen molar-refractivity contribution in [2.75, 3.05) is 0 Å². The van der Waals surface area contributed by atoms with Gasteiger partial charge in [-0.3, -0.25) is 4.79 Å². The third-order valence-electron chi connectivity index (χ3n) is 3.26. The van der Waals surface area contributed by atoms with Gasteiger partial charge in [-0.15, -0.1) is 0 Å². The van der Waals surface area contributed by atoms with E-state index in [0.29, 0.717) is 17.9 Å². The number of hydrogen-bond donors (Lipinski definition) is 1. The third kappa shape index (κ3) is 0.815. The molecule has 1 N–H and O–H groups in total. The summed E-state index contributed by atoms with van der Waals surface area (Å²) in [6, 6.07) is 0.593. The van der Waals surface area contributed by atoms with Gasteiger partial charge in [-0.25, -0.2) is 0 Å². The Morgan fingerprint density at radius 1 is 1.09 bits per heavy atom. The molecule has 1 heterocycles. The lowest BCUT2D eigenvalue weighted by molar-refractivity contribution is -0.136. The van der Waals surface area contributed by atoms with Gasteiger partial charge in [0.15, 0.2) is 0 Å². The zero-order valence-corrected chi connectivity index (χ0v) is 6.55. The highest BCUT2D eigenvalue weighted by Crippen LogP contribution is 2.48. The van der Waals surface area contributed by atoms with E-state index in [1.54, 1.807) is 0 Å². The molecule has 0 aromatic heterocycles. The van der Waals surface area contributed by atoms with Gasteiger partial charge in [0.1, 0.15) is 0 Å². The Bertz CT molecular complexity index is 206. The van der Waals surface area contributed by atoms with E-state index >= 15 is 0 Å². The van der Waals surface area contributed by atoms with Crippen molar-refractivity contribution >= 4 is 5.91 Å². The summed E-state index contributed by atoms with van der Waals surface area (Å²) >= 11 is 0. The van der Waals surface area contributed by atoms with E-state index in [-0.39, 0.29) is 0 Å². The quantitative estimate of drug-likeness (QED) is 0.584. The molecule has 3 fully saturated rings. The fraction of sp³-hybridized carbons (Fsp3) is 0.889. The van der Waals surface area contributed by atoms with Crippen LogP contribution in [0, 0.1) is 17.8 Å². The molecule has 0 unspecified atom stereocenters. The van der Waals surface area contributed by atoms with Crippen LogP contribution in [-0.2, 0) is 4.79 Å². The van der Waals surface area contributed by atoms with Crippen molar-refractivity contribution in [3.8, 4) is 0 Å². The van der Waals surface area contributed by atoms with Crippen molar-refractivity contribution < 1.29 is 4.79 Å². The number of hydrogen-bond acceptors (Lipinski definition) is 1. The molecule has 1 aliphatic heterocycles. The number of amides is 1. The Labute approximate surface area is 66.4 Å². The second-order valence-electron chi connectivity index (χ2n) is 4.24. The fourth-order valence-corrected chi connectivity index (χ4v) is 2.25. The zero-order valence-electron chi connectivity index (χ0n) is 6.55. The minimum absolute atomic E-state index is 0.337. The fourth-order valence-electron chi connectivity index (χ4n) is 2.25. The van der Waals surface area contributed by atoms with Gasteiger partial charge in [-0.05, 0) is 37.5 Å². The third-order valence-corrected chi connectivity index (χ3v) is 3.26. The lowest BCUT2D eigenvalue weighted by Crippen LogP contribution is -2.60. The van der Waals surface area contributed by atoms with Gasteiger partial charge in [0, 0.05) is 6.04 Å². The van der Waals surface area contributed by atoms with Crippen LogP contribution >= 0.6 is 0 Å². The van der Waals surface area contributed by atoms with E-state index in [1.165, 1.54) is 25.7 Å². The molecule has 0 spiro atoms. The van der Waals surface area contributed by atoms with Crippen molar-refractivity contribution in [3.63, 3.8) is 0 Å². The number of rotatable bonds is 2. The average molecular weight is 151 g/mol. The summed E-state index contributed by atoms with van der Waals surface area (Å²) < 4.78 is 0. The van der Waals surface area contributed by atoms with Crippen molar-refractivity contribution in [1.82, 2.24) is 5.32 Å². The van der Waals surface area contributed by atoms with Gasteiger partial charge in [0.05, 0.1) is 5.92 Å². The maximum Gasteiger partial charge on any atom is 0.225 e. The molecule has 11 heavy (non-hydrogen) atoms. The highest BCUT2D eigenvalue weighted by Gasteiger charge is 2.53. The summed E-state index contributed by atoms with van der Waals surface area (Å²) in [7, 11) is 0.